The minimum atomic E-state index is 0.248. The summed E-state index contributed by atoms with van der Waals surface area (Å²) in [5.41, 5.74) is 3.52. The Morgan fingerprint density at radius 2 is 2.11 bits per heavy atom. The Morgan fingerprint density at radius 3 is 2.84 bits per heavy atom. The van der Waals surface area contributed by atoms with E-state index in [0.29, 0.717) is 5.89 Å². The lowest BCUT2D eigenvalue weighted by molar-refractivity contribution is 0.367. The number of nitrogens with one attached hydrogen (secondary N) is 1. The second kappa shape index (κ2) is 5.13. The minimum Gasteiger partial charge on any atom is -0.334 e. The molecule has 1 saturated heterocycles. The van der Waals surface area contributed by atoms with Gasteiger partial charge in [-0.05, 0) is 56.5 Å². The summed E-state index contributed by atoms with van der Waals surface area (Å²) in [6.07, 6.45) is 3.55. The lowest BCUT2D eigenvalue weighted by Crippen LogP contribution is -2.27. The Kier molecular flexibility index (Phi) is 3.34. The second-order valence-corrected chi connectivity index (χ2v) is 5.26. The van der Waals surface area contributed by atoms with Gasteiger partial charge in [0.25, 0.3) is 5.89 Å². The van der Waals surface area contributed by atoms with E-state index < -0.39 is 0 Å². The van der Waals surface area contributed by atoms with E-state index in [4.69, 9.17) is 4.52 Å². The predicted octanol–water partition coefficient (Wildman–Crippen LogP) is 3.17. The van der Waals surface area contributed by atoms with Crippen LogP contribution in [0.15, 0.2) is 22.7 Å². The molecule has 2 aromatic rings. The molecule has 0 bridgehead atoms. The van der Waals surface area contributed by atoms with Crippen LogP contribution < -0.4 is 5.32 Å². The highest BCUT2D eigenvalue weighted by molar-refractivity contribution is 5.55. The first-order chi connectivity index (χ1) is 9.24. The summed E-state index contributed by atoms with van der Waals surface area (Å²) in [7, 11) is 0. The van der Waals surface area contributed by atoms with Crippen LogP contribution in [0.2, 0.25) is 0 Å². The van der Waals surface area contributed by atoms with Crippen LogP contribution in [0.1, 0.15) is 42.3 Å². The van der Waals surface area contributed by atoms with Crippen molar-refractivity contribution in [1.82, 2.24) is 15.5 Å². The van der Waals surface area contributed by atoms with Crippen LogP contribution in [0.5, 0.6) is 0 Å². The Hall–Kier alpha value is -1.68. The molecule has 0 aliphatic carbocycles. The van der Waals surface area contributed by atoms with Gasteiger partial charge in [0.1, 0.15) is 0 Å². The summed E-state index contributed by atoms with van der Waals surface area (Å²) in [5.74, 6) is 1.40. The third-order valence-corrected chi connectivity index (χ3v) is 3.82. The van der Waals surface area contributed by atoms with Gasteiger partial charge >= 0.3 is 0 Å². The maximum atomic E-state index is 5.40. The van der Waals surface area contributed by atoms with Crippen molar-refractivity contribution < 1.29 is 4.52 Å². The first-order valence-electron chi connectivity index (χ1n) is 6.88. The van der Waals surface area contributed by atoms with E-state index in [1.807, 2.05) is 6.07 Å². The largest absolute Gasteiger partial charge is 0.334 e. The van der Waals surface area contributed by atoms with Crippen molar-refractivity contribution in [1.29, 1.82) is 0 Å². The van der Waals surface area contributed by atoms with Crippen molar-refractivity contribution in [3.63, 3.8) is 0 Å². The molecule has 4 heteroatoms. The monoisotopic (exact) mass is 257 g/mol. The highest BCUT2D eigenvalue weighted by atomic mass is 16.5. The molecule has 1 unspecified atom stereocenters. The molecule has 100 valence electrons. The Morgan fingerprint density at radius 1 is 1.21 bits per heavy atom. The first kappa shape index (κ1) is 12.4. The van der Waals surface area contributed by atoms with E-state index in [2.05, 4.69) is 41.4 Å². The van der Waals surface area contributed by atoms with Gasteiger partial charge < -0.3 is 9.84 Å². The van der Waals surface area contributed by atoms with Crippen LogP contribution >= 0.6 is 0 Å². The first-order valence-corrected chi connectivity index (χ1v) is 6.88. The zero-order chi connectivity index (χ0) is 13.2. The molecule has 1 aromatic heterocycles. The van der Waals surface area contributed by atoms with Crippen LogP contribution in [-0.4, -0.2) is 16.7 Å². The molecule has 1 N–H and O–H groups in total. The number of hydrogen-bond donors (Lipinski definition) is 1. The number of hydrogen-bond acceptors (Lipinski definition) is 4. The average molecular weight is 257 g/mol. The zero-order valence-electron chi connectivity index (χ0n) is 11.4. The van der Waals surface area contributed by atoms with Gasteiger partial charge in [0.05, 0.1) is 6.04 Å². The topological polar surface area (TPSA) is 51.0 Å². The highest BCUT2D eigenvalue weighted by Crippen LogP contribution is 2.25. The van der Waals surface area contributed by atoms with Gasteiger partial charge in [-0.3, -0.25) is 0 Å². The Balaban J connectivity index is 1.85. The third-order valence-electron chi connectivity index (χ3n) is 3.82. The van der Waals surface area contributed by atoms with E-state index in [9.17, 15) is 0 Å². The Bertz CT molecular complexity index is 571. The van der Waals surface area contributed by atoms with E-state index >= 15 is 0 Å². The molecule has 0 radical (unpaired) electrons. The quantitative estimate of drug-likeness (QED) is 0.897. The maximum absolute atomic E-state index is 5.40. The van der Waals surface area contributed by atoms with E-state index in [0.717, 1.165) is 24.4 Å². The number of rotatable bonds is 2. The number of aromatic nitrogens is 2. The average Bonchev–Trinajstić information content (AvgIpc) is 2.93. The van der Waals surface area contributed by atoms with Crippen molar-refractivity contribution in [2.45, 2.75) is 39.2 Å². The van der Waals surface area contributed by atoms with Gasteiger partial charge in [-0.2, -0.15) is 4.98 Å². The van der Waals surface area contributed by atoms with E-state index in [1.165, 1.54) is 24.0 Å². The maximum Gasteiger partial charge on any atom is 0.257 e. The third kappa shape index (κ3) is 2.54. The van der Waals surface area contributed by atoms with E-state index in [1.54, 1.807) is 0 Å². The van der Waals surface area contributed by atoms with Gasteiger partial charge in [0.15, 0.2) is 5.82 Å². The lowest BCUT2D eigenvalue weighted by Gasteiger charge is -2.19. The van der Waals surface area contributed by atoms with Gasteiger partial charge in [0, 0.05) is 5.56 Å². The van der Waals surface area contributed by atoms with Crippen molar-refractivity contribution in [2.75, 3.05) is 6.54 Å². The number of aryl methyl sites for hydroxylation is 2. The molecule has 1 aliphatic rings. The van der Waals surface area contributed by atoms with Crippen molar-refractivity contribution in [3.05, 3.63) is 35.2 Å². The number of nitrogens with zero attached hydrogens (tertiary/aromatic N) is 2. The number of benzene rings is 1. The van der Waals surface area contributed by atoms with Crippen molar-refractivity contribution >= 4 is 0 Å². The Labute approximate surface area is 113 Å². The molecule has 1 atom stereocenters. The van der Waals surface area contributed by atoms with Gasteiger partial charge in [0.2, 0.25) is 0 Å². The zero-order valence-corrected chi connectivity index (χ0v) is 11.4. The second-order valence-electron chi connectivity index (χ2n) is 5.26. The van der Waals surface area contributed by atoms with Crippen molar-refractivity contribution in [3.8, 4) is 11.5 Å². The minimum absolute atomic E-state index is 0.248. The van der Waals surface area contributed by atoms with Crippen LogP contribution in [0.3, 0.4) is 0 Å². The molecule has 0 amide bonds. The van der Waals surface area contributed by atoms with Crippen LogP contribution in [-0.2, 0) is 0 Å². The summed E-state index contributed by atoms with van der Waals surface area (Å²) in [4.78, 5) is 4.53. The fourth-order valence-corrected chi connectivity index (χ4v) is 2.44. The molecule has 1 aliphatic heterocycles. The normalized spacial score (nSPS) is 19.6. The molecule has 4 nitrogen and oxygen atoms in total. The molecular weight excluding hydrogens is 238 g/mol. The summed E-state index contributed by atoms with van der Waals surface area (Å²) in [6.45, 7) is 5.24. The fourth-order valence-electron chi connectivity index (χ4n) is 2.44. The van der Waals surface area contributed by atoms with Gasteiger partial charge in [-0.15, -0.1) is 0 Å². The molecule has 1 aromatic carbocycles. The molecule has 19 heavy (non-hydrogen) atoms. The lowest BCUT2D eigenvalue weighted by atomic mass is 10.0. The summed E-state index contributed by atoms with van der Waals surface area (Å²) in [5, 5.41) is 7.56. The summed E-state index contributed by atoms with van der Waals surface area (Å²) < 4.78 is 5.40. The predicted molar refractivity (Wildman–Crippen MR) is 73.8 cm³/mol. The summed E-state index contributed by atoms with van der Waals surface area (Å²) in [6, 6.07) is 6.47. The van der Waals surface area contributed by atoms with Gasteiger partial charge in [-0.25, -0.2) is 0 Å². The molecule has 0 spiro atoms. The standard InChI is InChI=1S/C15H19N3O/c1-10-6-7-12(9-11(10)2)15-17-14(18-19-15)13-5-3-4-8-16-13/h6-7,9,13,16H,3-5,8H2,1-2H3. The van der Waals surface area contributed by atoms with Crippen LogP contribution in [0.4, 0.5) is 0 Å². The van der Waals surface area contributed by atoms with Crippen LogP contribution in [0, 0.1) is 13.8 Å². The molecule has 3 rings (SSSR count). The summed E-state index contributed by atoms with van der Waals surface area (Å²) >= 11 is 0. The SMILES string of the molecule is Cc1ccc(-c2nc(C3CCCCN3)no2)cc1C. The van der Waals surface area contributed by atoms with Crippen LogP contribution in [0.25, 0.3) is 11.5 Å². The van der Waals surface area contributed by atoms with Crippen molar-refractivity contribution in [2.24, 2.45) is 0 Å². The smallest absolute Gasteiger partial charge is 0.257 e. The molecule has 2 heterocycles. The van der Waals surface area contributed by atoms with E-state index in [-0.39, 0.29) is 6.04 Å². The molecular formula is C15H19N3O. The number of piperidine rings is 1. The fraction of sp³-hybridized carbons (Fsp3) is 0.467. The highest BCUT2D eigenvalue weighted by Gasteiger charge is 2.20. The molecule has 1 fully saturated rings. The van der Waals surface area contributed by atoms with Gasteiger partial charge in [-0.1, -0.05) is 17.6 Å². The molecule has 0 saturated carbocycles.